The van der Waals surface area contributed by atoms with Gasteiger partial charge in [-0.25, -0.2) is 4.99 Å². The maximum Gasteiger partial charge on any atom is 0.311 e. The number of hydrogen-bond acceptors (Lipinski definition) is 3. The Kier molecular flexibility index (Phi) is 1.89. The van der Waals surface area contributed by atoms with Gasteiger partial charge >= 0.3 is 6.02 Å². The predicted molar refractivity (Wildman–Crippen MR) is 36.4 cm³/mol. The van der Waals surface area contributed by atoms with E-state index in [9.17, 15) is 0 Å². The second-order valence-corrected chi connectivity index (χ2v) is 1.56. The zero-order valence-electron chi connectivity index (χ0n) is 5.56. The first-order valence-electron chi connectivity index (χ1n) is 2.73. The molecule has 10 heavy (non-hydrogen) atoms. The molecular weight excluding hydrogens is 132 g/mol. The van der Waals surface area contributed by atoms with Crippen LogP contribution in [0.15, 0.2) is 23.5 Å². The summed E-state index contributed by atoms with van der Waals surface area (Å²) in [6.45, 7) is 0. The van der Waals surface area contributed by atoms with Crippen molar-refractivity contribution in [1.82, 2.24) is 9.94 Å². The van der Waals surface area contributed by atoms with Crippen molar-refractivity contribution in [1.29, 1.82) is 0 Å². The Morgan fingerprint density at radius 3 is 3.10 bits per heavy atom. The summed E-state index contributed by atoms with van der Waals surface area (Å²) in [4.78, 5) is 9.64. The summed E-state index contributed by atoms with van der Waals surface area (Å²) in [6.07, 6.45) is 3.21. The van der Waals surface area contributed by atoms with E-state index in [1.54, 1.807) is 25.5 Å². The lowest BCUT2D eigenvalue weighted by atomic mass is 10.8. The summed E-state index contributed by atoms with van der Waals surface area (Å²) in [7, 11) is 1.54. The quantitative estimate of drug-likeness (QED) is 0.412. The fourth-order valence-corrected chi connectivity index (χ4v) is 0.445. The highest BCUT2D eigenvalue weighted by Gasteiger charge is 1.91. The maximum atomic E-state index is 5.23. The first-order chi connectivity index (χ1) is 4.83. The van der Waals surface area contributed by atoms with Gasteiger partial charge in [-0.2, -0.15) is 0 Å². The number of nitrogens with two attached hydrogens (primary N) is 1. The van der Waals surface area contributed by atoms with Crippen LogP contribution in [0, 0.1) is 0 Å². The number of nitrogens with zero attached hydrogens (tertiary/aromatic N) is 3. The monoisotopic (exact) mass is 140 g/mol. The van der Waals surface area contributed by atoms with Crippen LogP contribution in [0.3, 0.4) is 0 Å². The highest BCUT2D eigenvalue weighted by atomic mass is 16.7. The third-order valence-electron chi connectivity index (χ3n) is 0.888. The van der Waals surface area contributed by atoms with E-state index in [-0.39, 0.29) is 6.02 Å². The molecule has 0 atom stereocenters. The molecule has 0 radical (unpaired) electrons. The van der Waals surface area contributed by atoms with E-state index in [0.29, 0.717) is 0 Å². The molecule has 1 heterocycles. The topological polar surface area (TPSA) is 65.4 Å². The fourth-order valence-electron chi connectivity index (χ4n) is 0.445. The van der Waals surface area contributed by atoms with Crippen molar-refractivity contribution in [2.24, 2.45) is 10.7 Å². The summed E-state index contributed by atoms with van der Waals surface area (Å²) < 4.78 is 0. The molecule has 2 N–H and O–H groups in total. The Morgan fingerprint density at radius 2 is 2.60 bits per heavy atom. The second kappa shape index (κ2) is 2.86. The molecule has 1 aromatic rings. The molecule has 0 fully saturated rings. The highest BCUT2D eigenvalue weighted by molar-refractivity contribution is 5.71. The van der Waals surface area contributed by atoms with Crippen LogP contribution in [-0.4, -0.2) is 23.0 Å². The first kappa shape index (κ1) is 6.60. The number of rotatable bonds is 1. The van der Waals surface area contributed by atoms with Crippen LogP contribution in [0.4, 0.5) is 0 Å². The highest BCUT2D eigenvalue weighted by Crippen LogP contribution is 1.77. The molecule has 5 heteroatoms. The molecule has 0 bridgehead atoms. The molecule has 1 aromatic heterocycles. The van der Waals surface area contributed by atoms with Gasteiger partial charge in [0.2, 0.25) is 0 Å². The lowest BCUT2D eigenvalue weighted by Gasteiger charge is -1.99. The third-order valence-corrected chi connectivity index (χ3v) is 0.888. The van der Waals surface area contributed by atoms with E-state index in [0.717, 1.165) is 0 Å². The summed E-state index contributed by atoms with van der Waals surface area (Å²) >= 11 is 0. The fraction of sp³-hybridized carbons (Fsp3) is 0.200. The summed E-state index contributed by atoms with van der Waals surface area (Å²) in [6, 6.07) is 1.81. The Morgan fingerprint density at radius 1 is 1.80 bits per heavy atom. The molecule has 0 aliphatic carbocycles. The van der Waals surface area contributed by atoms with Gasteiger partial charge in [0, 0.05) is 7.05 Å². The van der Waals surface area contributed by atoms with Gasteiger partial charge in [0.05, 0.1) is 12.4 Å². The number of hydrogen-bond donors (Lipinski definition) is 1. The van der Waals surface area contributed by atoms with Crippen LogP contribution < -0.4 is 10.6 Å². The summed E-state index contributed by atoms with van der Waals surface area (Å²) in [5, 5.41) is 3.74. The van der Waals surface area contributed by atoms with Crippen molar-refractivity contribution in [2.75, 3.05) is 7.05 Å². The van der Waals surface area contributed by atoms with Gasteiger partial charge in [0.1, 0.15) is 0 Å². The molecule has 0 saturated heterocycles. The van der Waals surface area contributed by atoms with Gasteiger partial charge in [0.15, 0.2) is 0 Å². The van der Waals surface area contributed by atoms with E-state index < -0.39 is 0 Å². The molecule has 0 aliphatic rings. The largest absolute Gasteiger partial charge is 0.352 e. The molecule has 0 aliphatic heterocycles. The minimum Gasteiger partial charge on any atom is -0.352 e. The van der Waals surface area contributed by atoms with Crippen molar-refractivity contribution >= 4 is 6.02 Å². The van der Waals surface area contributed by atoms with E-state index in [2.05, 4.69) is 10.1 Å². The average Bonchev–Trinajstić information content (AvgIpc) is 2.40. The van der Waals surface area contributed by atoms with Gasteiger partial charge in [0.25, 0.3) is 0 Å². The van der Waals surface area contributed by atoms with E-state index in [1.807, 2.05) is 0 Å². The summed E-state index contributed by atoms with van der Waals surface area (Å²) in [5.74, 6) is 0. The van der Waals surface area contributed by atoms with E-state index in [1.165, 1.54) is 4.85 Å². The Hall–Kier alpha value is -1.52. The number of aliphatic imine (C=N–C) groups is 1. The van der Waals surface area contributed by atoms with E-state index in [4.69, 9.17) is 10.6 Å². The minimum absolute atomic E-state index is 0.0868. The van der Waals surface area contributed by atoms with Gasteiger partial charge in [-0.3, -0.25) is 0 Å². The lowest BCUT2D eigenvalue weighted by molar-refractivity contribution is 0.217. The minimum atomic E-state index is 0.0868. The lowest BCUT2D eigenvalue weighted by Crippen LogP contribution is -2.27. The van der Waals surface area contributed by atoms with Gasteiger partial charge in [-0.15, -0.1) is 5.10 Å². The number of aromatic nitrogens is 2. The molecular formula is C5H8N4O. The van der Waals surface area contributed by atoms with Crippen molar-refractivity contribution in [3.8, 4) is 0 Å². The molecule has 0 aromatic carbocycles. The Bertz CT molecular complexity index is 216. The third kappa shape index (κ3) is 1.48. The Balaban J connectivity index is 2.56. The molecule has 0 spiro atoms. The van der Waals surface area contributed by atoms with Crippen molar-refractivity contribution in [3.05, 3.63) is 18.5 Å². The van der Waals surface area contributed by atoms with Crippen molar-refractivity contribution in [2.45, 2.75) is 0 Å². The number of amidine groups is 1. The van der Waals surface area contributed by atoms with Gasteiger partial charge < -0.3 is 10.6 Å². The SMILES string of the molecule is CN=C(N)On1cccn1. The molecule has 0 unspecified atom stereocenters. The maximum absolute atomic E-state index is 5.23. The Labute approximate surface area is 58.1 Å². The van der Waals surface area contributed by atoms with Gasteiger partial charge in [-0.05, 0) is 6.07 Å². The van der Waals surface area contributed by atoms with Crippen LogP contribution in [0.1, 0.15) is 0 Å². The van der Waals surface area contributed by atoms with E-state index >= 15 is 0 Å². The van der Waals surface area contributed by atoms with Crippen LogP contribution in [0.25, 0.3) is 0 Å². The molecule has 5 nitrogen and oxygen atoms in total. The normalized spacial score (nSPS) is 11.5. The average molecular weight is 140 g/mol. The molecule has 0 saturated carbocycles. The van der Waals surface area contributed by atoms with Crippen LogP contribution in [0.5, 0.6) is 0 Å². The molecule has 0 amide bonds. The smallest absolute Gasteiger partial charge is 0.311 e. The zero-order valence-corrected chi connectivity index (χ0v) is 5.56. The van der Waals surface area contributed by atoms with Crippen LogP contribution >= 0.6 is 0 Å². The summed E-state index contributed by atoms with van der Waals surface area (Å²) in [5.41, 5.74) is 5.23. The van der Waals surface area contributed by atoms with Gasteiger partial charge in [-0.1, -0.05) is 4.85 Å². The second-order valence-electron chi connectivity index (χ2n) is 1.56. The standard InChI is InChI=1S/C5H8N4O/c1-7-5(6)10-9-4-2-3-8-9/h2-4H,1H3,(H2,6,7). The first-order valence-corrected chi connectivity index (χ1v) is 2.73. The zero-order chi connectivity index (χ0) is 7.40. The van der Waals surface area contributed by atoms with Crippen molar-refractivity contribution in [3.63, 3.8) is 0 Å². The molecule has 54 valence electrons. The van der Waals surface area contributed by atoms with Crippen molar-refractivity contribution < 1.29 is 4.84 Å². The van der Waals surface area contributed by atoms with Crippen LogP contribution in [-0.2, 0) is 0 Å². The van der Waals surface area contributed by atoms with Crippen LogP contribution in [0.2, 0.25) is 0 Å². The molecule has 1 rings (SSSR count). The predicted octanol–water partition coefficient (Wildman–Crippen LogP) is -0.744.